The van der Waals surface area contributed by atoms with E-state index in [1.165, 1.54) is 38.6 Å². The second kappa shape index (κ2) is 13.4. The molecule has 9 aromatic carbocycles. The van der Waals surface area contributed by atoms with Crippen LogP contribution in [-0.2, 0) is 5.41 Å². The summed E-state index contributed by atoms with van der Waals surface area (Å²) >= 11 is 0. The Morgan fingerprint density at radius 2 is 0.862 bits per heavy atom. The molecule has 11 rings (SSSR count). The first kappa shape index (κ1) is 33.9. The average molecular weight is 745 g/mol. The highest BCUT2D eigenvalue weighted by Crippen LogP contribution is 2.53. The molecule has 0 atom stereocenters. The van der Waals surface area contributed by atoms with Crippen molar-refractivity contribution in [2.45, 2.75) is 19.3 Å². The first-order chi connectivity index (χ1) is 28.5. The molecule has 0 N–H and O–H groups in total. The molecule has 58 heavy (non-hydrogen) atoms. The summed E-state index contributed by atoms with van der Waals surface area (Å²) in [5, 5.41) is 4.83. The van der Waals surface area contributed by atoms with Gasteiger partial charge in [-0.05, 0) is 129 Å². The molecule has 0 bridgehead atoms. The van der Waals surface area contributed by atoms with Gasteiger partial charge in [0.1, 0.15) is 11.2 Å². The second-order valence-electron chi connectivity index (χ2n) is 15.8. The number of hydrogen-bond acceptors (Lipinski definition) is 3. The molecule has 0 saturated heterocycles. The van der Waals surface area contributed by atoms with Crippen LogP contribution >= 0.6 is 0 Å². The molecule has 3 heteroatoms. The predicted octanol–water partition coefficient (Wildman–Crippen LogP) is 15.7. The molecule has 276 valence electrons. The van der Waals surface area contributed by atoms with E-state index in [2.05, 4.69) is 218 Å². The number of nitrogens with zero attached hydrogens (tertiary/aromatic N) is 2. The largest absolute Gasteiger partial charge is 0.456 e. The summed E-state index contributed by atoms with van der Waals surface area (Å²) < 4.78 is 6.17. The van der Waals surface area contributed by atoms with Crippen molar-refractivity contribution in [3.63, 3.8) is 0 Å². The topological polar surface area (TPSA) is 19.6 Å². The van der Waals surface area contributed by atoms with E-state index in [1.54, 1.807) is 0 Å². The number of furan rings is 1. The fourth-order valence-corrected chi connectivity index (χ4v) is 9.14. The minimum atomic E-state index is -0.125. The smallest absolute Gasteiger partial charge is 0.135 e. The summed E-state index contributed by atoms with van der Waals surface area (Å²) in [6.07, 6.45) is 0. The number of hydrogen-bond donors (Lipinski definition) is 0. The zero-order valence-electron chi connectivity index (χ0n) is 32.4. The Morgan fingerprint density at radius 1 is 0.362 bits per heavy atom. The molecule has 0 spiro atoms. The lowest BCUT2D eigenvalue weighted by atomic mass is 9.82. The molecule has 0 radical (unpaired) electrons. The Kier molecular flexibility index (Phi) is 7.84. The molecular formula is C55H40N2O. The van der Waals surface area contributed by atoms with Crippen molar-refractivity contribution in [1.29, 1.82) is 0 Å². The van der Waals surface area contributed by atoms with Crippen molar-refractivity contribution >= 4 is 66.8 Å². The third-order valence-corrected chi connectivity index (χ3v) is 12.0. The Labute approximate surface area is 338 Å². The van der Waals surface area contributed by atoms with Gasteiger partial charge in [0, 0.05) is 50.3 Å². The molecule has 3 nitrogen and oxygen atoms in total. The van der Waals surface area contributed by atoms with Crippen LogP contribution in [-0.4, -0.2) is 0 Å². The first-order valence-electron chi connectivity index (χ1n) is 20.0. The molecule has 0 unspecified atom stereocenters. The van der Waals surface area contributed by atoms with E-state index >= 15 is 0 Å². The number of benzene rings is 9. The Balaban J connectivity index is 0.941. The van der Waals surface area contributed by atoms with Crippen LogP contribution < -0.4 is 9.80 Å². The fourth-order valence-electron chi connectivity index (χ4n) is 9.14. The van der Waals surface area contributed by atoms with Gasteiger partial charge < -0.3 is 14.2 Å². The summed E-state index contributed by atoms with van der Waals surface area (Å²) in [5.41, 5.74) is 16.1. The van der Waals surface area contributed by atoms with Crippen LogP contribution in [0.25, 0.3) is 55.0 Å². The molecule has 1 aliphatic rings. The number of anilines is 6. The molecular weight excluding hydrogens is 705 g/mol. The van der Waals surface area contributed by atoms with E-state index in [4.69, 9.17) is 4.42 Å². The van der Waals surface area contributed by atoms with Gasteiger partial charge in [-0.25, -0.2) is 0 Å². The Morgan fingerprint density at radius 3 is 1.52 bits per heavy atom. The van der Waals surface area contributed by atoms with E-state index in [9.17, 15) is 0 Å². The number of rotatable bonds is 7. The van der Waals surface area contributed by atoms with Crippen LogP contribution in [0.5, 0.6) is 0 Å². The molecule has 0 aliphatic heterocycles. The maximum Gasteiger partial charge on any atom is 0.135 e. The lowest BCUT2D eigenvalue weighted by Crippen LogP contribution is -2.16. The normalized spacial score (nSPS) is 12.8. The third-order valence-electron chi connectivity index (χ3n) is 12.0. The summed E-state index contributed by atoms with van der Waals surface area (Å²) in [7, 11) is 0. The van der Waals surface area contributed by atoms with Crippen molar-refractivity contribution in [3.8, 4) is 22.3 Å². The van der Waals surface area contributed by atoms with E-state index < -0.39 is 0 Å². The van der Waals surface area contributed by atoms with Gasteiger partial charge in [-0.3, -0.25) is 0 Å². The maximum absolute atomic E-state index is 6.17. The van der Waals surface area contributed by atoms with E-state index in [-0.39, 0.29) is 5.41 Å². The summed E-state index contributed by atoms with van der Waals surface area (Å²) in [6.45, 7) is 4.73. The summed E-state index contributed by atoms with van der Waals surface area (Å²) in [5.74, 6) is 0. The molecule has 1 aromatic heterocycles. The van der Waals surface area contributed by atoms with Gasteiger partial charge in [0.25, 0.3) is 0 Å². The van der Waals surface area contributed by atoms with Crippen LogP contribution in [0, 0.1) is 0 Å². The molecule has 1 heterocycles. The molecule has 1 aliphatic carbocycles. The van der Waals surface area contributed by atoms with Crippen molar-refractivity contribution < 1.29 is 4.42 Å². The second-order valence-corrected chi connectivity index (χ2v) is 15.8. The SMILES string of the molecule is CC1(C)c2cc(N(c3ccccc3)c3ccc(-c4ccc(N(c5ccccc5)c5ccc6oc7ccccc7c6c5)cc4)cc3)ccc2-c2c1ccc1ccccc21. The standard InChI is InChI=1S/C55H40N2O/c1-55(2)50-33-25-39-13-9-10-18-46(39)54(50)48-32-30-45(36-51(48)55)57(41-16-7-4-8-17-41)43-28-23-38(24-29-43)37-21-26-42(27-22-37)56(40-14-5-3-6-15-40)44-31-34-53-49(35-44)47-19-11-12-20-52(47)58-53/h3-36H,1-2H3. The highest BCUT2D eigenvalue weighted by atomic mass is 16.3. The summed E-state index contributed by atoms with van der Waals surface area (Å²) in [4.78, 5) is 4.69. The molecule has 10 aromatic rings. The fraction of sp³-hybridized carbons (Fsp3) is 0.0545. The minimum absolute atomic E-state index is 0.125. The monoisotopic (exact) mass is 744 g/mol. The van der Waals surface area contributed by atoms with Crippen molar-refractivity contribution in [3.05, 3.63) is 217 Å². The van der Waals surface area contributed by atoms with Gasteiger partial charge >= 0.3 is 0 Å². The highest BCUT2D eigenvalue weighted by Gasteiger charge is 2.37. The lowest BCUT2D eigenvalue weighted by molar-refractivity contribution is 0.661. The Bertz CT molecular complexity index is 3130. The van der Waals surface area contributed by atoms with Crippen LogP contribution in [0.1, 0.15) is 25.0 Å². The van der Waals surface area contributed by atoms with E-state index in [0.29, 0.717) is 0 Å². The molecule has 0 fully saturated rings. The van der Waals surface area contributed by atoms with Gasteiger partial charge in [0.2, 0.25) is 0 Å². The summed E-state index contributed by atoms with van der Waals surface area (Å²) in [6, 6.07) is 74.3. The maximum atomic E-state index is 6.17. The van der Waals surface area contributed by atoms with Gasteiger partial charge in [-0.1, -0.05) is 135 Å². The number of para-hydroxylation sites is 3. The zero-order valence-corrected chi connectivity index (χ0v) is 32.4. The Hall–Kier alpha value is -7.36. The van der Waals surface area contributed by atoms with Crippen molar-refractivity contribution in [2.75, 3.05) is 9.80 Å². The average Bonchev–Trinajstić information content (AvgIpc) is 3.76. The van der Waals surface area contributed by atoms with E-state index in [0.717, 1.165) is 61.6 Å². The predicted molar refractivity (Wildman–Crippen MR) is 244 cm³/mol. The van der Waals surface area contributed by atoms with E-state index in [1.807, 2.05) is 12.1 Å². The lowest BCUT2D eigenvalue weighted by Gasteiger charge is -2.28. The van der Waals surface area contributed by atoms with Crippen LogP contribution in [0.2, 0.25) is 0 Å². The van der Waals surface area contributed by atoms with Crippen LogP contribution in [0.15, 0.2) is 211 Å². The van der Waals surface area contributed by atoms with Crippen LogP contribution in [0.4, 0.5) is 34.1 Å². The van der Waals surface area contributed by atoms with Gasteiger partial charge in [0.05, 0.1) is 0 Å². The van der Waals surface area contributed by atoms with Crippen LogP contribution in [0.3, 0.4) is 0 Å². The minimum Gasteiger partial charge on any atom is -0.456 e. The zero-order chi connectivity index (χ0) is 38.8. The highest BCUT2D eigenvalue weighted by molar-refractivity contribution is 6.07. The quantitative estimate of drug-likeness (QED) is 0.162. The molecule has 0 saturated carbocycles. The van der Waals surface area contributed by atoms with Gasteiger partial charge in [-0.15, -0.1) is 0 Å². The first-order valence-corrected chi connectivity index (χ1v) is 20.0. The van der Waals surface area contributed by atoms with Gasteiger partial charge in [-0.2, -0.15) is 0 Å². The number of fused-ring (bicyclic) bond motifs is 8. The van der Waals surface area contributed by atoms with Gasteiger partial charge in [0.15, 0.2) is 0 Å². The molecule has 0 amide bonds. The van der Waals surface area contributed by atoms with Crippen molar-refractivity contribution in [2.24, 2.45) is 0 Å². The van der Waals surface area contributed by atoms with Crippen molar-refractivity contribution in [1.82, 2.24) is 0 Å². The third kappa shape index (κ3) is 5.50.